The molecule has 4 nitrogen and oxygen atoms in total. The highest BCUT2D eigenvalue weighted by molar-refractivity contribution is 6.33. The Morgan fingerprint density at radius 3 is 2.25 bits per heavy atom. The Morgan fingerprint density at radius 1 is 1.19 bits per heavy atom. The summed E-state index contributed by atoms with van der Waals surface area (Å²) in [6.45, 7) is 0. The van der Waals surface area contributed by atoms with Crippen molar-refractivity contribution in [2.75, 3.05) is 7.11 Å². The molecule has 2 N–H and O–H groups in total. The van der Waals surface area contributed by atoms with Crippen molar-refractivity contribution >= 4 is 7.32 Å². The van der Waals surface area contributed by atoms with Crippen molar-refractivity contribution in [2.24, 2.45) is 0 Å². The van der Waals surface area contributed by atoms with E-state index < -0.39 is 24.8 Å². The van der Waals surface area contributed by atoms with Crippen LogP contribution in [0, 0.1) is 0 Å². The Balaban J connectivity index is 3.11. The molecule has 0 aliphatic heterocycles. The average Bonchev–Trinajstić information content (AvgIpc) is 2.15. The molecule has 0 radical (unpaired) electrons. The topological polar surface area (TPSA) is 58.9 Å². The van der Waals surface area contributed by atoms with Crippen LogP contribution in [0.3, 0.4) is 0 Å². The number of hydrogen-bond donors (Lipinski definition) is 2. The van der Waals surface area contributed by atoms with E-state index in [9.17, 15) is 13.2 Å². The third-order valence-corrected chi connectivity index (χ3v) is 1.72. The van der Waals surface area contributed by atoms with Crippen molar-refractivity contribution in [3.05, 3.63) is 23.8 Å². The van der Waals surface area contributed by atoms with Crippen LogP contribution in [-0.4, -0.2) is 24.5 Å². The van der Waals surface area contributed by atoms with Crippen LogP contribution in [0.15, 0.2) is 18.2 Å². The molecule has 0 aromatic heterocycles. The van der Waals surface area contributed by atoms with Crippen LogP contribution < -0.4 is 9.39 Å². The molecule has 0 spiro atoms. The summed E-state index contributed by atoms with van der Waals surface area (Å²) in [7, 11) is -0.989. The smallest absolute Gasteiger partial charge is 0.509 e. The van der Waals surface area contributed by atoms with E-state index in [1.165, 1.54) is 7.11 Å². The molecule has 0 aliphatic rings. The molecule has 0 bridgehead atoms. The number of hydrogen-bond acceptors (Lipinski definition) is 4. The van der Waals surface area contributed by atoms with Gasteiger partial charge in [-0.15, -0.1) is 0 Å². The minimum atomic E-state index is -4.54. The first kappa shape index (κ1) is 12.7. The van der Waals surface area contributed by atoms with Gasteiger partial charge in [0.2, 0.25) is 0 Å². The minimum absolute atomic E-state index is 0.0268. The molecule has 8 heteroatoms. The molecule has 88 valence electrons. The second-order valence-electron chi connectivity index (χ2n) is 2.81. The molecular weight excluding hydrogens is 228 g/mol. The van der Waals surface area contributed by atoms with E-state index in [-0.39, 0.29) is 5.75 Å². The fraction of sp³-hybridized carbons (Fsp3) is 0.250. The predicted molar refractivity (Wildman–Crippen MR) is 48.8 cm³/mol. The Labute approximate surface area is 89.4 Å². The third-order valence-electron chi connectivity index (χ3n) is 1.72. The monoisotopic (exact) mass is 236 g/mol. The summed E-state index contributed by atoms with van der Waals surface area (Å²) in [6, 6.07) is 2.45. The maximum atomic E-state index is 12.3. The first-order chi connectivity index (χ1) is 7.34. The Morgan fingerprint density at radius 2 is 1.81 bits per heavy atom. The Bertz CT molecular complexity index is 367. The molecule has 1 aromatic rings. The summed E-state index contributed by atoms with van der Waals surface area (Å²) in [5.74, 6) is -0.423. The van der Waals surface area contributed by atoms with Crippen LogP contribution in [0.4, 0.5) is 13.2 Å². The second-order valence-corrected chi connectivity index (χ2v) is 2.81. The summed E-state index contributed by atoms with van der Waals surface area (Å²) in [4.78, 5) is 0. The summed E-state index contributed by atoms with van der Waals surface area (Å²) >= 11 is 0. The first-order valence-corrected chi connectivity index (χ1v) is 4.12. The molecule has 0 heterocycles. The second kappa shape index (κ2) is 4.62. The van der Waals surface area contributed by atoms with Gasteiger partial charge < -0.3 is 19.4 Å². The molecule has 0 saturated heterocycles. The van der Waals surface area contributed by atoms with Crippen molar-refractivity contribution in [2.45, 2.75) is 6.18 Å². The summed E-state index contributed by atoms with van der Waals surface area (Å²) in [5.41, 5.74) is -0.969. The van der Waals surface area contributed by atoms with E-state index in [4.69, 9.17) is 14.8 Å². The standard InChI is InChI=1S/C8H8BF3O4/c1-15-6-3-2-5(8(10,11)12)4-7(6)16-9(13)14/h2-4,13-14H,1H3. The highest BCUT2D eigenvalue weighted by Gasteiger charge is 2.32. The summed E-state index contributed by atoms with van der Waals surface area (Å²) in [6.07, 6.45) is -4.54. The highest BCUT2D eigenvalue weighted by Crippen LogP contribution is 2.36. The minimum Gasteiger partial charge on any atom is -0.509 e. The zero-order chi connectivity index (χ0) is 12.3. The Hall–Kier alpha value is -1.41. The fourth-order valence-electron chi connectivity index (χ4n) is 1.06. The predicted octanol–water partition coefficient (Wildman–Crippen LogP) is 1.06. The van der Waals surface area contributed by atoms with Gasteiger partial charge in [0.05, 0.1) is 12.7 Å². The van der Waals surface area contributed by atoms with E-state index in [0.29, 0.717) is 6.07 Å². The molecular formula is C8H8BF3O4. The summed E-state index contributed by atoms with van der Waals surface area (Å²) < 4.78 is 46.0. The Kier molecular flexibility index (Phi) is 3.66. The van der Waals surface area contributed by atoms with Crippen molar-refractivity contribution < 1.29 is 32.6 Å². The van der Waals surface area contributed by atoms with Gasteiger partial charge in [0.15, 0.2) is 5.75 Å². The number of rotatable bonds is 3. The molecule has 0 saturated carbocycles. The van der Waals surface area contributed by atoms with Crippen molar-refractivity contribution in [3.63, 3.8) is 0 Å². The number of halogens is 3. The molecule has 0 aliphatic carbocycles. The van der Waals surface area contributed by atoms with Crippen molar-refractivity contribution in [3.8, 4) is 11.5 Å². The highest BCUT2D eigenvalue weighted by atomic mass is 19.4. The van der Waals surface area contributed by atoms with Crippen LogP contribution in [0.1, 0.15) is 5.56 Å². The first-order valence-electron chi connectivity index (χ1n) is 4.12. The van der Waals surface area contributed by atoms with E-state index >= 15 is 0 Å². The van der Waals surface area contributed by atoms with Crippen LogP contribution in [0.25, 0.3) is 0 Å². The number of benzene rings is 1. The fourth-order valence-corrected chi connectivity index (χ4v) is 1.06. The average molecular weight is 236 g/mol. The van der Waals surface area contributed by atoms with E-state index in [0.717, 1.165) is 12.1 Å². The largest absolute Gasteiger partial charge is 0.707 e. The van der Waals surface area contributed by atoms with E-state index in [1.54, 1.807) is 0 Å². The van der Waals surface area contributed by atoms with Crippen LogP contribution in [0.2, 0.25) is 0 Å². The lowest BCUT2D eigenvalue weighted by molar-refractivity contribution is -0.137. The maximum Gasteiger partial charge on any atom is 0.707 e. The maximum absolute atomic E-state index is 12.3. The van der Waals surface area contributed by atoms with E-state index in [1.807, 2.05) is 0 Å². The third kappa shape index (κ3) is 3.04. The number of methoxy groups -OCH3 is 1. The van der Waals surface area contributed by atoms with Gasteiger partial charge in [-0.3, -0.25) is 0 Å². The molecule has 0 amide bonds. The van der Waals surface area contributed by atoms with Gasteiger partial charge in [-0.05, 0) is 18.2 Å². The number of alkyl halides is 3. The molecule has 0 unspecified atom stereocenters. The lowest BCUT2D eigenvalue weighted by Crippen LogP contribution is -2.21. The normalized spacial score (nSPS) is 11.1. The van der Waals surface area contributed by atoms with Crippen LogP contribution in [-0.2, 0) is 6.18 Å². The van der Waals surface area contributed by atoms with Gasteiger partial charge in [0, 0.05) is 0 Å². The van der Waals surface area contributed by atoms with Gasteiger partial charge in [0.25, 0.3) is 0 Å². The molecule has 0 fully saturated rings. The van der Waals surface area contributed by atoms with E-state index in [2.05, 4.69) is 4.65 Å². The SMILES string of the molecule is COc1ccc(C(F)(F)F)cc1OB(O)O. The molecule has 1 aromatic carbocycles. The van der Waals surface area contributed by atoms with Crippen molar-refractivity contribution in [1.29, 1.82) is 0 Å². The quantitative estimate of drug-likeness (QED) is 0.770. The van der Waals surface area contributed by atoms with Crippen molar-refractivity contribution in [1.82, 2.24) is 0 Å². The molecule has 0 atom stereocenters. The van der Waals surface area contributed by atoms with Crippen LogP contribution in [0.5, 0.6) is 11.5 Å². The zero-order valence-corrected chi connectivity index (χ0v) is 8.15. The van der Waals surface area contributed by atoms with Gasteiger partial charge >= 0.3 is 13.5 Å². The van der Waals surface area contributed by atoms with Gasteiger partial charge in [-0.25, -0.2) is 0 Å². The lowest BCUT2D eigenvalue weighted by Gasteiger charge is -2.13. The molecule has 1 rings (SSSR count). The number of ether oxygens (including phenoxy) is 1. The molecule has 16 heavy (non-hydrogen) atoms. The summed E-state index contributed by atoms with van der Waals surface area (Å²) in [5, 5.41) is 17.0. The zero-order valence-electron chi connectivity index (χ0n) is 8.15. The lowest BCUT2D eigenvalue weighted by atomic mass is 10.1. The van der Waals surface area contributed by atoms with Crippen LogP contribution >= 0.6 is 0 Å². The van der Waals surface area contributed by atoms with Gasteiger partial charge in [-0.1, -0.05) is 0 Å². The van der Waals surface area contributed by atoms with Gasteiger partial charge in [0.1, 0.15) is 5.75 Å². The van der Waals surface area contributed by atoms with Gasteiger partial charge in [-0.2, -0.15) is 13.2 Å².